The van der Waals surface area contributed by atoms with Gasteiger partial charge >= 0.3 is 0 Å². The molecule has 0 aromatic carbocycles. The monoisotopic (exact) mass is 269 g/mol. The number of aliphatic hydroxyl groups excluding tert-OH is 1. The van der Waals surface area contributed by atoms with Crippen LogP contribution in [0.5, 0.6) is 0 Å². The molecule has 2 heterocycles. The third kappa shape index (κ3) is 2.70. The molecular weight excluding hydrogens is 238 g/mol. The summed E-state index contributed by atoms with van der Waals surface area (Å²) in [7, 11) is 0. The number of rotatable bonds is 3. The molecule has 0 saturated carbocycles. The van der Waals surface area contributed by atoms with Gasteiger partial charge in [0.25, 0.3) is 0 Å². The fourth-order valence-corrected chi connectivity index (χ4v) is 4.12. The minimum absolute atomic E-state index is 0.192. The highest BCUT2D eigenvalue weighted by Gasteiger charge is 2.54. The first-order valence-electron chi connectivity index (χ1n) is 7.83. The summed E-state index contributed by atoms with van der Waals surface area (Å²) in [5, 5.41) is 10.6. The van der Waals surface area contributed by atoms with E-state index in [2.05, 4.69) is 32.6 Å². The van der Waals surface area contributed by atoms with E-state index in [1.54, 1.807) is 0 Å². The molecule has 19 heavy (non-hydrogen) atoms. The average Bonchev–Trinajstić information content (AvgIpc) is 2.70. The Morgan fingerprint density at radius 3 is 2.26 bits per heavy atom. The van der Waals surface area contributed by atoms with Crippen LogP contribution in [0.2, 0.25) is 0 Å². The van der Waals surface area contributed by atoms with Gasteiger partial charge in [-0.25, -0.2) is 0 Å². The maximum absolute atomic E-state index is 10.6. The minimum Gasteiger partial charge on any atom is -0.390 e. The maximum atomic E-state index is 10.6. The van der Waals surface area contributed by atoms with Crippen LogP contribution in [0.3, 0.4) is 0 Å². The van der Waals surface area contributed by atoms with E-state index in [9.17, 15) is 5.11 Å². The summed E-state index contributed by atoms with van der Waals surface area (Å²) in [6.45, 7) is 13.8. The van der Waals surface area contributed by atoms with Gasteiger partial charge in [0.2, 0.25) is 0 Å². The second-order valence-corrected chi connectivity index (χ2v) is 7.55. The highest BCUT2D eigenvalue weighted by Crippen LogP contribution is 2.43. The van der Waals surface area contributed by atoms with Crippen molar-refractivity contribution in [2.24, 2.45) is 5.92 Å². The summed E-state index contributed by atoms with van der Waals surface area (Å²) in [6.07, 6.45) is 3.41. The van der Waals surface area contributed by atoms with Crippen LogP contribution in [0.15, 0.2) is 0 Å². The van der Waals surface area contributed by atoms with Crippen LogP contribution in [-0.2, 0) is 4.74 Å². The molecule has 2 aliphatic rings. The standard InChI is InChI=1S/C16H31NO2/c1-7-12-9-8-11(2)17(12)10-13-14(18)16(5,6)19-15(13,3)4/h11-14,18H,7-10H2,1-6H3. The molecule has 3 nitrogen and oxygen atoms in total. The van der Waals surface area contributed by atoms with Gasteiger partial charge in [0.15, 0.2) is 0 Å². The van der Waals surface area contributed by atoms with Gasteiger partial charge in [0, 0.05) is 24.5 Å². The zero-order valence-corrected chi connectivity index (χ0v) is 13.4. The fourth-order valence-electron chi connectivity index (χ4n) is 4.12. The van der Waals surface area contributed by atoms with Crippen LogP contribution in [0.4, 0.5) is 0 Å². The van der Waals surface area contributed by atoms with Crippen molar-refractivity contribution in [3.8, 4) is 0 Å². The number of ether oxygens (including phenoxy) is 1. The molecule has 1 N–H and O–H groups in total. The highest BCUT2D eigenvalue weighted by atomic mass is 16.5. The first-order valence-corrected chi connectivity index (χ1v) is 7.83. The fraction of sp³-hybridized carbons (Fsp3) is 1.00. The molecule has 0 aliphatic carbocycles. The van der Waals surface area contributed by atoms with E-state index < -0.39 is 5.60 Å². The molecule has 0 radical (unpaired) electrons. The van der Waals surface area contributed by atoms with Crippen molar-refractivity contribution in [3.05, 3.63) is 0 Å². The van der Waals surface area contributed by atoms with Crippen LogP contribution in [0, 0.1) is 5.92 Å². The Kier molecular flexibility index (Phi) is 4.03. The lowest BCUT2D eigenvalue weighted by Gasteiger charge is -2.35. The Morgan fingerprint density at radius 1 is 1.16 bits per heavy atom. The molecule has 0 aromatic heterocycles. The third-order valence-corrected chi connectivity index (χ3v) is 5.34. The first kappa shape index (κ1) is 15.3. The second-order valence-electron chi connectivity index (χ2n) is 7.55. The molecule has 2 rings (SSSR count). The van der Waals surface area contributed by atoms with Crippen molar-refractivity contribution in [3.63, 3.8) is 0 Å². The van der Waals surface area contributed by atoms with Gasteiger partial charge < -0.3 is 9.84 Å². The predicted octanol–water partition coefficient (Wildman–Crippen LogP) is 2.81. The van der Waals surface area contributed by atoms with Gasteiger partial charge in [-0.2, -0.15) is 0 Å². The van der Waals surface area contributed by atoms with E-state index in [0.29, 0.717) is 12.1 Å². The lowest BCUT2D eigenvalue weighted by atomic mass is 9.84. The molecule has 4 unspecified atom stereocenters. The second kappa shape index (κ2) is 5.01. The van der Waals surface area contributed by atoms with Gasteiger partial charge in [-0.3, -0.25) is 4.90 Å². The van der Waals surface area contributed by atoms with Crippen LogP contribution in [-0.4, -0.2) is 45.9 Å². The quantitative estimate of drug-likeness (QED) is 0.855. The molecule has 0 spiro atoms. The summed E-state index contributed by atoms with van der Waals surface area (Å²) in [6, 6.07) is 1.32. The van der Waals surface area contributed by atoms with Crippen molar-refractivity contribution in [2.45, 2.75) is 90.2 Å². The summed E-state index contributed by atoms with van der Waals surface area (Å²) < 4.78 is 6.10. The minimum atomic E-state index is -0.432. The zero-order chi connectivity index (χ0) is 14.4. The Bertz CT molecular complexity index is 327. The molecule has 3 heteroatoms. The van der Waals surface area contributed by atoms with Crippen molar-refractivity contribution < 1.29 is 9.84 Å². The lowest BCUT2D eigenvalue weighted by Crippen LogP contribution is -2.46. The molecule has 2 aliphatic heterocycles. The largest absolute Gasteiger partial charge is 0.390 e. The lowest BCUT2D eigenvalue weighted by molar-refractivity contribution is -0.0915. The zero-order valence-electron chi connectivity index (χ0n) is 13.4. The van der Waals surface area contributed by atoms with Gasteiger partial charge in [0.05, 0.1) is 17.3 Å². The van der Waals surface area contributed by atoms with E-state index in [4.69, 9.17) is 4.74 Å². The van der Waals surface area contributed by atoms with E-state index in [1.165, 1.54) is 19.3 Å². The SMILES string of the molecule is CCC1CCC(C)N1CC1C(O)C(C)(C)OC1(C)C. The van der Waals surface area contributed by atoms with Gasteiger partial charge in [-0.15, -0.1) is 0 Å². The van der Waals surface area contributed by atoms with E-state index >= 15 is 0 Å². The third-order valence-electron chi connectivity index (χ3n) is 5.34. The van der Waals surface area contributed by atoms with Crippen LogP contribution in [0.1, 0.15) is 60.8 Å². The molecule has 2 saturated heterocycles. The summed E-state index contributed by atoms with van der Waals surface area (Å²) >= 11 is 0. The van der Waals surface area contributed by atoms with E-state index in [1.807, 2.05) is 13.8 Å². The Hall–Kier alpha value is -0.120. The topological polar surface area (TPSA) is 32.7 Å². The van der Waals surface area contributed by atoms with Crippen LogP contribution < -0.4 is 0 Å². The number of nitrogens with zero attached hydrogens (tertiary/aromatic N) is 1. The van der Waals surface area contributed by atoms with Gasteiger partial charge in [-0.05, 0) is 53.9 Å². The summed E-state index contributed by atoms with van der Waals surface area (Å²) in [5.74, 6) is 0.192. The molecule has 4 atom stereocenters. The Labute approximate surface area is 118 Å². The average molecular weight is 269 g/mol. The van der Waals surface area contributed by atoms with Gasteiger partial charge in [-0.1, -0.05) is 6.92 Å². The number of hydrogen-bond acceptors (Lipinski definition) is 3. The first-order chi connectivity index (χ1) is 8.69. The maximum Gasteiger partial charge on any atom is 0.0896 e. The Morgan fingerprint density at radius 2 is 1.79 bits per heavy atom. The highest BCUT2D eigenvalue weighted by molar-refractivity contribution is 5.03. The van der Waals surface area contributed by atoms with Crippen molar-refractivity contribution in [1.29, 1.82) is 0 Å². The molecule has 0 amide bonds. The molecular formula is C16H31NO2. The smallest absolute Gasteiger partial charge is 0.0896 e. The van der Waals surface area contributed by atoms with E-state index in [0.717, 1.165) is 6.54 Å². The Balaban J connectivity index is 2.13. The van der Waals surface area contributed by atoms with Crippen molar-refractivity contribution in [1.82, 2.24) is 4.90 Å². The number of likely N-dealkylation sites (tertiary alicyclic amines) is 1. The molecule has 0 aromatic rings. The van der Waals surface area contributed by atoms with Crippen molar-refractivity contribution >= 4 is 0 Å². The van der Waals surface area contributed by atoms with Gasteiger partial charge in [0.1, 0.15) is 0 Å². The number of hydrogen-bond donors (Lipinski definition) is 1. The van der Waals surface area contributed by atoms with Crippen LogP contribution >= 0.6 is 0 Å². The van der Waals surface area contributed by atoms with Crippen molar-refractivity contribution in [2.75, 3.05) is 6.54 Å². The summed E-state index contributed by atoms with van der Waals surface area (Å²) in [5.41, 5.74) is -0.678. The van der Waals surface area contributed by atoms with Crippen LogP contribution in [0.25, 0.3) is 0 Å². The van der Waals surface area contributed by atoms with E-state index in [-0.39, 0.29) is 17.6 Å². The predicted molar refractivity (Wildman–Crippen MR) is 78.2 cm³/mol. The molecule has 112 valence electrons. The normalized spacial score (nSPS) is 41.8. The molecule has 2 fully saturated rings. The number of aliphatic hydroxyl groups is 1. The summed E-state index contributed by atoms with van der Waals surface area (Å²) in [4.78, 5) is 2.60. The molecule has 0 bridgehead atoms.